The standard InChI is InChI=1S/C7H5O2S.Pb/c8-7(9-10)6-4-2-1-3-5-6;/h1-4,10H;/q;+1/p-1. The summed E-state index contributed by atoms with van der Waals surface area (Å²) in [5.74, 6) is -0.177. The van der Waals surface area contributed by atoms with Crippen molar-refractivity contribution in [1.82, 2.24) is 0 Å². The van der Waals surface area contributed by atoms with Gasteiger partial charge in [0.2, 0.25) is 0 Å². The third-order valence-electron chi connectivity index (χ3n) is 1.42. The van der Waals surface area contributed by atoms with Gasteiger partial charge in [0.05, 0.1) is 0 Å². The van der Waals surface area contributed by atoms with Crippen LogP contribution in [-0.4, -0.2) is 28.7 Å². The van der Waals surface area contributed by atoms with Crippen molar-refractivity contribution in [3.05, 3.63) is 29.8 Å². The molecule has 1 aliphatic heterocycles. The van der Waals surface area contributed by atoms with Gasteiger partial charge in [0, 0.05) is 0 Å². The molecule has 0 atom stereocenters. The summed E-state index contributed by atoms with van der Waals surface area (Å²) in [5, 5.41) is 0. The molecule has 0 saturated carbocycles. The molecule has 0 spiro atoms. The molecule has 1 aliphatic rings. The van der Waals surface area contributed by atoms with E-state index in [9.17, 15) is 4.79 Å². The Labute approximate surface area is 78.9 Å². The van der Waals surface area contributed by atoms with Crippen molar-refractivity contribution in [2.45, 2.75) is 0 Å². The van der Waals surface area contributed by atoms with E-state index in [1.165, 1.54) is 11.7 Å². The van der Waals surface area contributed by atoms with Gasteiger partial charge in [-0.3, -0.25) is 0 Å². The summed E-state index contributed by atoms with van der Waals surface area (Å²) < 4.78 is 6.13. The molecule has 0 saturated heterocycles. The van der Waals surface area contributed by atoms with Crippen LogP contribution < -0.4 is 3.12 Å². The molecule has 0 fully saturated rings. The predicted octanol–water partition coefficient (Wildman–Crippen LogP) is 0.750. The van der Waals surface area contributed by atoms with E-state index >= 15 is 0 Å². The normalized spacial score (nSPS) is 15.5. The SMILES string of the molecule is O=C1O[S][Pb][c]2ccccc21. The van der Waals surface area contributed by atoms with Crippen LogP contribution in [0.3, 0.4) is 0 Å². The van der Waals surface area contributed by atoms with Crippen molar-refractivity contribution in [2.75, 3.05) is 0 Å². The second-order valence-corrected chi connectivity index (χ2v) is 9.06. The molecule has 2 radical (unpaired) electrons. The van der Waals surface area contributed by atoms with Gasteiger partial charge in [-0.1, -0.05) is 0 Å². The maximum absolute atomic E-state index is 11.1. The van der Waals surface area contributed by atoms with Crippen molar-refractivity contribution in [3.63, 3.8) is 0 Å². The first kappa shape index (κ1) is 7.60. The van der Waals surface area contributed by atoms with E-state index in [-0.39, 0.29) is 5.97 Å². The van der Waals surface area contributed by atoms with E-state index in [1.54, 1.807) is 0 Å². The van der Waals surface area contributed by atoms with E-state index < -0.39 is 22.7 Å². The molecule has 2 rings (SSSR count). The Balaban J connectivity index is 2.52. The van der Waals surface area contributed by atoms with Gasteiger partial charge in [0.15, 0.2) is 0 Å². The zero-order valence-corrected chi connectivity index (χ0v) is 10.2. The number of rotatable bonds is 0. The van der Waals surface area contributed by atoms with Crippen LogP contribution in [0.1, 0.15) is 10.4 Å². The van der Waals surface area contributed by atoms with Crippen molar-refractivity contribution >= 4 is 40.4 Å². The Kier molecular flexibility index (Phi) is 2.17. The number of fused-ring (bicyclic) bond motifs is 1. The minimum atomic E-state index is -0.868. The Morgan fingerprint density at radius 2 is 2.18 bits per heavy atom. The molecule has 0 bridgehead atoms. The molecule has 11 heavy (non-hydrogen) atoms. The quantitative estimate of drug-likeness (QED) is 0.505. The third-order valence-corrected chi connectivity index (χ3v) is 8.16. The fourth-order valence-electron chi connectivity index (χ4n) is 0.899. The van der Waals surface area contributed by atoms with E-state index in [0.29, 0.717) is 0 Å². The molecule has 0 N–H and O–H groups in total. The first-order valence-corrected chi connectivity index (χ1v) is 10.6. The van der Waals surface area contributed by atoms with E-state index in [4.69, 9.17) is 4.18 Å². The van der Waals surface area contributed by atoms with Crippen LogP contribution in [0.5, 0.6) is 0 Å². The second-order valence-electron chi connectivity index (χ2n) is 2.10. The third kappa shape index (κ3) is 1.44. The molecular formula is C7H4O2PbS. The molecule has 2 nitrogen and oxygen atoms in total. The van der Waals surface area contributed by atoms with E-state index in [1.807, 2.05) is 24.3 Å². The molecule has 0 amide bonds. The molecule has 0 aliphatic carbocycles. The number of hydrogen-bond donors (Lipinski definition) is 0. The van der Waals surface area contributed by atoms with Crippen LogP contribution in [0.2, 0.25) is 0 Å². The first-order valence-electron chi connectivity index (χ1n) is 3.11. The van der Waals surface area contributed by atoms with Gasteiger partial charge < -0.3 is 0 Å². The average molecular weight is 359 g/mol. The number of benzene rings is 1. The van der Waals surface area contributed by atoms with E-state index in [0.717, 1.165) is 5.56 Å². The number of carbonyl (C=O) groups is 1. The molecule has 4 heteroatoms. The van der Waals surface area contributed by atoms with Crippen LogP contribution in [-0.2, 0) is 4.18 Å². The van der Waals surface area contributed by atoms with E-state index in [2.05, 4.69) is 0 Å². The Morgan fingerprint density at radius 3 is 3.00 bits per heavy atom. The first-order chi connectivity index (χ1) is 5.38. The zero-order chi connectivity index (χ0) is 7.68. The number of hydrogen-bond acceptors (Lipinski definition) is 3. The van der Waals surface area contributed by atoms with Crippen LogP contribution in [0, 0.1) is 0 Å². The number of carbonyl (C=O) groups excluding carboxylic acids is 1. The molecule has 1 aromatic carbocycles. The molecule has 0 unspecified atom stereocenters. The molecule has 1 heterocycles. The molecule has 54 valence electrons. The summed E-state index contributed by atoms with van der Waals surface area (Å²) in [6.07, 6.45) is 0. The minimum absolute atomic E-state index is 0.177. The van der Waals surface area contributed by atoms with Gasteiger partial charge >= 0.3 is 79.2 Å². The fraction of sp³-hybridized carbons (Fsp3) is 0. The topological polar surface area (TPSA) is 26.3 Å². The summed E-state index contributed by atoms with van der Waals surface area (Å²) >= 11 is -0.868. The van der Waals surface area contributed by atoms with Crippen LogP contribution in [0.25, 0.3) is 0 Å². The molecule has 0 aromatic heterocycles. The summed E-state index contributed by atoms with van der Waals surface area (Å²) in [4.78, 5) is 11.1. The van der Waals surface area contributed by atoms with Crippen molar-refractivity contribution in [1.29, 1.82) is 0 Å². The van der Waals surface area contributed by atoms with Crippen molar-refractivity contribution in [2.24, 2.45) is 0 Å². The maximum atomic E-state index is 11.1. The van der Waals surface area contributed by atoms with Gasteiger partial charge in [-0.2, -0.15) is 0 Å². The van der Waals surface area contributed by atoms with Gasteiger partial charge in [-0.05, 0) is 0 Å². The van der Waals surface area contributed by atoms with Gasteiger partial charge in [-0.15, -0.1) is 0 Å². The predicted molar refractivity (Wildman–Crippen MR) is 44.8 cm³/mol. The van der Waals surface area contributed by atoms with Gasteiger partial charge in [0.25, 0.3) is 0 Å². The Bertz CT molecular complexity index is 300. The van der Waals surface area contributed by atoms with Crippen LogP contribution in [0.15, 0.2) is 24.3 Å². The van der Waals surface area contributed by atoms with Crippen LogP contribution in [0.4, 0.5) is 0 Å². The summed E-state index contributed by atoms with van der Waals surface area (Å²) in [7, 11) is 1.39. The molecular weight excluding hydrogens is 355 g/mol. The fourth-order valence-corrected chi connectivity index (χ4v) is 6.96. The van der Waals surface area contributed by atoms with Crippen molar-refractivity contribution in [3.8, 4) is 0 Å². The molecule has 1 aromatic rings. The van der Waals surface area contributed by atoms with Gasteiger partial charge in [0.1, 0.15) is 0 Å². The Hall–Kier alpha value is -0.0379. The summed E-state index contributed by atoms with van der Waals surface area (Å²) in [6, 6.07) is 7.72. The monoisotopic (exact) mass is 360 g/mol. The summed E-state index contributed by atoms with van der Waals surface area (Å²) in [5.41, 5.74) is 0.787. The van der Waals surface area contributed by atoms with Gasteiger partial charge in [-0.25, -0.2) is 0 Å². The van der Waals surface area contributed by atoms with Crippen molar-refractivity contribution < 1.29 is 8.98 Å². The second kappa shape index (κ2) is 3.14. The van der Waals surface area contributed by atoms with Crippen LogP contribution >= 0.6 is 8.59 Å². The summed E-state index contributed by atoms with van der Waals surface area (Å²) in [6.45, 7) is 0. The Morgan fingerprint density at radius 1 is 1.36 bits per heavy atom. The average Bonchev–Trinajstić information content (AvgIpc) is 2.06. The zero-order valence-electron chi connectivity index (χ0n) is 5.53.